The molecule has 40 heavy (non-hydrogen) atoms. The Bertz CT molecular complexity index is 1230. The lowest BCUT2D eigenvalue weighted by Crippen LogP contribution is -2.60. The van der Waals surface area contributed by atoms with Gasteiger partial charge in [-0.05, 0) is 65.5 Å². The van der Waals surface area contributed by atoms with Crippen LogP contribution in [0.25, 0.3) is 0 Å². The van der Waals surface area contributed by atoms with Crippen molar-refractivity contribution >= 4 is 23.6 Å². The molecule has 8 atom stereocenters. The molecular weight excluding hydrogens is 508 g/mol. The molecule has 4 amide bonds. The number of fused-ring (bicyclic) bond motifs is 1. The summed E-state index contributed by atoms with van der Waals surface area (Å²) < 4.78 is 0. The maximum Gasteiger partial charge on any atom is 0.246 e. The van der Waals surface area contributed by atoms with E-state index in [0.29, 0.717) is 19.5 Å². The van der Waals surface area contributed by atoms with Crippen molar-refractivity contribution in [1.82, 2.24) is 25.8 Å². The van der Waals surface area contributed by atoms with Crippen LogP contribution >= 0.6 is 0 Å². The summed E-state index contributed by atoms with van der Waals surface area (Å²) in [6.07, 6.45) is 5.04. The molecule has 4 aliphatic rings. The molecular formula is C30H40N6O4. The van der Waals surface area contributed by atoms with E-state index in [1.807, 2.05) is 32.9 Å². The van der Waals surface area contributed by atoms with Crippen molar-refractivity contribution in [2.45, 2.75) is 77.9 Å². The van der Waals surface area contributed by atoms with Crippen molar-refractivity contribution in [3.8, 4) is 6.07 Å². The third kappa shape index (κ3) is 5.18. The van der Waals surface area contributed by atoms with Crippen molar-refractivity contribution < 1.29 is 19.2 Å². The summed E-state index contributed by atoms with van der Waals surface area (Å²) in [5, 5.41) is 18.4. The predicted molar refractivity (Wildman–Crippen MR) is 146 cm³/mol. The minimum atomic E-state index is -0.822. The summed E-state index contributed by atoms with van der Waals surface area (Å²) in [4.78, 5) is 58.8. The highest BCUT2D eigenvalue weighted by molar-refractivity contribution is 5.95. The number of pyridine rings is 1. The molecule has 10 heteroatoms. The number of hydrogen-bond donors (Lipinski definition) is 3. The van der Waals surface area contributed by atoms with Crippen LogP contribution in [0.5, 0.6) is 0 Å². The second kappa shape index (κ2) is 10.2. The first kappa shape index (κ1) is 28.1. The lowest BCUT2D eigenvalue weighted by Gasteiger charge is -2.38. The van der Waals surface area contributed by atoms with Crippen LogP contribution in [0.15, 0.2) is 24.5 Å². The van der Waals surface area contributed by atoms with E-state index in [-0.39, 0.29) is 65.1 Å². The van der Waals surface area contributed by atoms with E-state index in [1.54, 1.807) is 17.3 Å². The fourth-order valence-electron chi connectivity index (χ4n) is 6.90. The number of aromatic nitrogens is 1. The van der Waals surface area contributed by atoms with Crippen LogP contribution in [0.3, 0.4) is 0 Å². The molecule has 2 saturated carbocycles. The number of rotatable bonds is 8. The second-order valence-corrected chi connectivity index (χ2v) is 13.6. The lowest BCUT2D eigenvalue weighted by atomic mass is 9.85. The maximum absolute atomic E-state index is 14.1. The van der Waals surface area contributed by atoms with Crippen LogP contribution in [0.4, 0.5) is 0 Å². The van der Waals surface area contributed by atoms with Crippen LogP contribution in [-0.4, -0.2) is 64.7 Å². The Morgan fingerprint density at radius 3 is 2.50 bits per heavy atom. The summed E-state index contributed by atoms with van der Waals surface area (Å²) in [6.45, 7) is 10.9. The van der Waals surface area contributed by atoms with Gasteiger partial charge in [-0.25, -0.2) is 0 Å². The number of piperidine rings is 1. The van der Waals surface area contributed by atoms with Gasteiger partial charge in [0.1, 0.15) is 18.1 Å². The van der Waals surface area contributed by atoms with Gasteiger partial charge in [-0.15, -0.1) is 0 Å². The van der Waals surface area contributed by atoms with Gasteiger partial charge in [0.05, 0.1) is 6.07 Å². The fraction of sp³-hybridized carbons (Fsp3) is 0.667. The first-order valence-corrected chi connectivity index (χ1v) is 14.3. The van der Waals surface area contributed by atoms with Crippen LogP contribution in [0.2, 0.25) is 0 Å². The van der Waals surface area contributed by atoms with Gasteiger partial charge < -0.3 is 20.9 Å². The Hall–Kier alpha value is -3.48. The van der Waals surface area contributed by atoms with Gasteiger partial charge in [0, 0.05) is 37.3 Å². The van der Waals surface area contributed by atoms with Gasteiger partial charge in [0.25, 0.3) is 0 Å². The van der Waals surface area contributed by atoms with Crippen molar-refractivity contribution in [3.63, 3.8) is 0 Å². The Labute approximate surface area is 235 Å². The number of likely N-dealkylation sites (tertiary alicyclic amines) is 1. The van der Waals surface area contributed by atoms with Gasteiger partial charge in [-0.3, -0.25) is 24.2 Å². The predicted octanol–water partition coefficient (Wildman–Crippen LogP) is 1.73. The number of hydrogen-bond acceptors (Lipinski definition) is 6. The van der Waals surface area contributed by atoms with Gasteiger partial charge in [0.15, 0.2) is 0 Å². The van der Waals surface area contributed by atoms with E-state index in [4.69, 9.17) is 0 Å². The van der Waals surface area contributed by atoms with Crippen LogP contribution in [-0.2, 0) is 19.2 Å². The zero-order chi connectivity index (χ0) is 29.0. The summed E-state index contributed by atoms with van der Waals surface area (Å²) in [6, 6.07) is 3.61. The van der Waals surface area contributed by atoms with Crippen molar-refractivity contribution in [1.29, 1.82) is 5.26 Å². The summed E-state index contributed by atoms with van der Waals surface area (Å²) in [7, 11) is 0. The lowest BCUT2D eigenvalue weighted by molar-refractivity contribution is -0.145. The van der Waals surface area contributed by atoms with Gasteiger partial charge in [-0.1, -0.05) is 34.6 Å². The Morgan fingerprint density at radius 2 is 1.90 bits per heavy atom. The minimum absolute atomic E-state index is 0.0265. The summed E-state index contributed by atoms with van der Waals surface area (Å²) >= 11 is 0. The molecule has 0 aromatic carbocycles. The molecule has 2 saturated heterocycles. The normalized spacial score (nSPS) is 31.3. The first-order valence-electron chi connectivity index (χ1n) is 14.3. The number of carbonyl (C=O) groups excluding carboxylic acids is 4. The average Bonchev–Trinajstić information content (AvgIpc) is 3.66. The number of amides is 4. The highest BCUT2D eigenvalue weighted by Gasteiger charge is 2.70. The molecule has 1 aromatic rings. The highest BCUT2D eigenvalue weighted by Crippen LogP contribution is 2.65. The molecule has 4 fully saturated rings. The first-order chi connectivity index (χ1) is 18.8. The maximum atomic E-state index is 14.1. The van der Waals surface area contributed by atoms with E-state index in [2.05, 4.69) is 40.9 Å². The number of nitrogens with zero attached hydrogens (tertiary/aromatic N) is 3. The number of nitrogens with one attached hydrogen (secondary N) is 3. The quantitative estimate of drug-likeness (QED) is 0.451. The molecule has 1 aromatic heterocycles. The molecule has 0 spiro atoms. The Morgan fingerprint density at radius 1 is 1.20 bits per heavy atom. The van der Waals surface area contributed by atoms with E-state index in [1.165, 1.54) is 0 Å². The molecule has 214 valence electrons. The van der Waals surface area contributed by atoms with Gasteiger partial charge in [0.2, 0.25) is 23.6 Å². The SMILES string of the molecule is CC(C)(C)[C@H](NC(=O)[C@@H]1C[C@H]1c1ccncc1)C(=O)N1C[C@H]2[C@@H]([C@H]1C(=O)N[C@H](C#N)C[C@@H]1CCNC1=O)C2(C)C. The highest BCUT2D eigenvalue weighted by atomic mass is 16.2. The van der Waals surface area contributed by atoms with Crippen molar-refractivity contribution in [2.24, 2.45) is 34.5 Å². The van der Waals surface area contributed by atoms with Crippen LogP contribution in [0.1, 0.15) is 65.4 Å². The third-order valence-corrected chi connectivity index (χ3v) is 9.58. The van der Waals surface area contributed by atoms with Crippen LogP contribution in [0, 0.1) is 45.8 Å². The average molecular weight is 549 g/mol. The summed E-state index contributed by atoms with van der Waals surface area (Å²) in [5.41, 5.74) is 0.384. The van der Waals surface area contributed by atoms with Gasteiger partial charge in [-0.2, -0.15) is 5.26 Å². The van der Waals surface area contributed by atoms with Crippen molar-refractivity contribution in [3.05, 3.63) is 30.1 Å². The number of carbonyl (C=O) groups is 4. The molecule has 3 N–H and O–H groups in total. The zero-order valence-corrected chi connectivity index (χ0v) is 23.9. The standard InChI is InChI=1S/C30H40N6O4/c1-29(2,3)24(35-26(38)20-13-19(20)16-6-9-32-10-7-16)28(40)36-15-21-22(30(21,4)5)23(36)27(39)34-18(14-31)12-17-8-11-33-25(17)37/h6-7,9-10,17-24H,8,11-13,15H2,1-5H3,(H,33,37)(H,34,39)(H,35,38)/t17-,18-,19-,20+,21-,22-,23-,24+/m0/s1. The molecule has 2 aliphatic heterocycles. The molecule has 2 aliphatic carbocycles. The Kier molecular flexibility index (Phi) is 7.13. The molecule has 3 heterocycles. The van der Waals surface area contributed by atoms with E-state index in [9.17, 15) is 24.4 Å². The zero-order valence-electron chi connectivity index (χ0n) is 23.9. The fourth-order valence-corrected chi connectivity index (χ4v) is 6.90. The molecule has 0 radical (unpaired) electrons. The minimum Gasteiger partial charge on any atom is -0.356 e. The smallest absolute Gasteiger partial charge is 0.246 e. The number of nitriles is 1. The Balaban J connectivity index is 1.30. The second-order valence-electron chi connectivity index (χ2n) is 13.6. The van der Waals surface area contributed by atoms with E-state index < -0.39 is 23.5 Å². The third-order valence-electron chi connectivity index (χ3n) is 9.58. The molecule has 10 nitrogen and oxygen atoms in total. The molecule has 5 rings (SSSR count). The van der Waals surface area contributed by atoms with Crippen LogP contribution < -0.4 is 16.0 Å². The topological polar surface area (TPSA) is 144 Å². The molecule has 0 bridgehead atoms. The van der Waals surface area contributed by atoms with E-state index >= 15 is 0 Å². The van der Waals surface area contributed by atoms with E-state index in [0.717, 1.165) is 12.0 Å². The monoisotopic (exact) mass is 548 g/mol. The summed E-state index contributed by atoms with van der Waals surface area (Å²) in [5.74, 6) is -1.14. The largest absolute Gasteiger partial charge is 0.356 e. The van der Waals surface area contributed by atoms with Crippen molar-refractivity contribution in [2.75, 3.05) is 13.1 Å². The van der Waals surface area contributed by atoms with Gasteiger partial charge >= 0.3 is 0 Å². The molecule has 0 unspecified atom stereocenters.